The van der Waals surface area contributed by atoms with Crippen LogP contribution < -0.4 is 5.32 Å². The highest BCUT2D eigenvalue weighted by molar-refractivity contribution is 7.15. The van der Waals surface area contributed by atoms with Gasteiger partial charge in [-0.05, 0) is 43.5 Å². The molecule has 22 heavy (non-hydrogen) atoms. The van der Waals surface area contributed by atoms with E-state index in [1.165, 1.54) is 11.3 Å². The number of rotatable bonds is 4. The maximum Gasteiger partial charge on any atom is 0.248 e. The zero-order valence-electron chi connectivity index (χ0n) is 12.6. The van der Waals surface area contributed by atoms with Crippen LogP contribution in [-0.2, 0) is 17.8 Å². The van der Waals surface area contributed by atoms with Crippen LogP contribution in [0, 0.1) is 13.8 Å². The number of nitrogens with one attached hydrogen (secondary N) is 1. The molecule has 1 N–H and O–H groups in total. The molecule has 0 atom stereocenters. The molecule has 0 aliphatic rings. The summed E-state index contributed by atoms with van der Waals surface area (Å²) in [6, 6.07) is 3.97. The third-order valence-electron chi connectivity index (χ3n) is 3.44. The minimum Gasteiger partial charge on any atom is -0.299 e. The fourth-order valence-corrected chi connectivity index (χ4v) is 2.78. The topological polar surface area (TPSA) is 85.6 Å². The van der Waals surface area contributed by atoms with E-state index in [1.54, 1.807) is 4.68 Å². The summed E-state index contributed by atoms with van der Waals surface area (Å²) in [5.41, 5.74) is 3.95. The van der Waals surface area contributed by atoms with Crippen molar-refractivity contribution in [3.05, 3.63) is 28.3 Å². The lowest BCUT2D eigenvalue weighted by Crippen LogP contribution is -2.19. The highest BCUT2D eigenvalue weighted by Crippen LogP contribution is 2.18. The van der Waals surface area contributed by atoms with Crippen molar-refractivity contribution in [1.29, 1.82) is 0 Å². The van der Waals surface area contributed by atoms with Crippen LogP contribution in [0.5, 0.6) is 0 Å². The van der Waals surface area contributed by atoms with Crippen molar-refractivity contribution in [3.8, 4) is 0 Å². The number of anilines is 1. The quantitative estimate of drug-likeness (QED) is 0.796. The van der Waals surface area contributed by atoms with Crippen molar-refractivity contribution < 1.29 is 4.79 Å². The zero-order valence-corrected chi connectivity index (χ0v) is 13.4. The number of aryl methyl sites for hydroxylation is 3. The molecule has 0 saturated heterocycles. The van der Waals surface area contributed by atoms with Gasteiger partial charge >= 0.3 is 0 Å². The Bertz CT molecular complexity index is 837. The average molecular weight is 316 g/mol. The molecule has 1 amide bonds. The summed E-state index contributed by atoms with van der Waals surface area (Å²) >= 11 is 1.38. The fourth-order valence-electron chi connectivity index (χ4n) is 2.08. The van der Waals surface area contributed by atoms with Crippen molar-refractivity contribution in [2.75, 3.05) is 5.32 Å². The lowest BCUT2D eigenvalue weighted by atomic mass is 10.1. The molecule has 0 bridgehead atoms. The first kappa shape index (κ1) is 14.6. The molecular weight excluding hydrogens is 300 g/mol. The molecule has 2 aromatic heterocycles. The molecule has 0 fully saturated rings. The van der Waals surface area contributed by atoms with Gasteiger partial charge in [0.05, 0.1) is 5.52 Å². The van der Waals surface area contributed by atoms with Crippen LogP contribution in [0.25, 0.3) is 11.0 Å². The lowest BCUT2D eigenvalue weighted by Gasteiger charge is -2.04. The monoisotopic (exact) mass is 316 g/mol. The van der Waals surface area contributed by atoms with E-state index in [4.69, 9.17) is 0 Å². The van der Waals surface area contributed by atoms with E-state index in [1.807, 2.05) is 32.9 Å². The molecule has 3 rings (SSSR count). The number of carbonyl (C=O) groups excluding carboxylic acids is 1. The van der Waals surface area contributed by atoms with Crippen LogP contribution in [0.4, 0.5) is 5.13 Å². The number of fused-ring (bicyclic) bond motifs is 1. The van der Waals surface area contributed by atoms with E-state index >= 15 is 0 Å². The Balaban J connectivity index is 1.77. The Morgan fingerprint density at radius 1 is 1.23 bits per heavy atom. The van der Waals surface area contributed by atoms with Crippen LogP contribution in [0.2, 0.25) is 0 Å². The number of aromatic nitrogens is 5. The summed E-state index contributed by atoms with van der Waals surface area (Å²) in [6.07, 6.45) is 0.805. The normalized spacial score (nSPS) is 11.0. The first-order valence-electron chi connectivity index (χ1n) is 6.99. The predicted octanol–water partition coefficient (Wildman–Crippen LogP) is 2.10. The van der Waals surface area contributed by atoms with Crippen molar-refractivity contribution in [2.24, 2.45) is 0 Å². The van der Waals surface area contributed by atoms with Crippen molar-refractivity contribution in [3.63, 3.8) is 0 Å². The summed E-state index contributed by atoms with van der Waals surface area (Å²) in [7, 11) is 0. The SMILES string of the molecule is CCc1nnc(NC(=O)Cn2nnc3cc(C)c(C)cc32)s1. The van der Waals surface area contributed by atoms with Gasteiger partial charge in [0, 0.05) is 0 Å². The highest BCUT2D eigenvalue weighted by Gasteiger charge is 2.12. The maximum absolute atomic E-state index is 12.1. The summed E-state index contributed by atoms with van der Waals surface area (Å²) < 4.78 is 1.60. The summed E-state index contributed by atoms with van der Waals surface area (Å²) in [4.78, 5) is 12.1. The molecule has 2 heterocycles. The van der Waals surface area contributed by atoms with Gasteiger partial charge in [0.2, 0.25) is 11.0 Å². The van der Waals surface area contributed by atoms with E-state index in [9.17, 15) is 4.79 Å². The fraction of sp³-hybridized carbons (Fsp3) is 0.357. The van der Waals surface area contributed by atoms with Gasteiger partial charge in [-0.2, -0.15) is 0 Å². The second-order valence-corrected chi connectivity index (χ2v) is 6.14. The van der Waals surface area contributed by atoms with Gasteiger partial charge in [-0.25, -0.2) is 4.68 Å². The van der Waals surface area contributed by atoms with E-state index in [0.717, 1.165) is 33.6 Å². The van der Waals surface area contributed by atoms with Gasteiger partial charge in [-0.3, -0.25) is 10.1 Å². The standard InChI is InChI=1S/C14H16N6OS/c1-4-13-17-18-14(22-13)15-12(21)7-20-11-6-9(3)8(2)5-10(11)16-19-20/h5-6H,4,7H2,1-3H3,(H,15,18,21). The van der Waals surface area contributed by atoms with E-state index in [0.29, 0.717) is 5.13 Å². The Labute approximate surface area is 131 Å². The van der Waals surface area contributed by atoms with Gasteiger partial charge < -0.3 is 0 Å². The second-order valence-electron chi connectivity index (χ2n) is 5.07. The van der Waals surface area contributed by atoms with Crippen molar-refractivity contribution in [1.82, 2.24) is 25.2 Å². The molecule has 0 radical (unpaired) electrons. The van der Waals surface area contributed by atoms with Crippen LogP contribution in [0.15, 0.2) is 12.1 Å². The molecule has 114 valence electrons. The van der Waals surface area contributed by atoms with Crippen LogP contribution in [0.1, 0.15) is 23.1 Å². The molecule has 0 spiro atoms. The van der Waals surface area contributed by atoms with Crippen LogP contribution in [0.3, 0.4) is 0 Å². The van der Waals surface area contributed by atoms with E-state index in [-0.39, 0.29) is 12.5 Å². The molecule has 0 aliphatic carbocycles. The number of hydrogen-bond donors (Lipinski definition) is 1. The summed E-state index contributed by atoms with van der Waals surface area (Å²) in [6.45, 7) is 6.15. The first-order chi connectivity index (χ1) is 10.6. The molecule has 8 heteroatoms. The molecule has 0 aliphatic heterocycles. The van der Waals surface area contributed by atoms with Crippen molar-refractivity contribution in [2.45, 2.75) is 33.7 Å². The zero-order chi connectivity index (χ0) is 15.7. The molecule has 1 aromatic carbocycles. The number of nitrogens with zero attached hydrogens (tertiary/aromatic N) is 5. The van der Waals surface area contributed by atoms with Gasteiger partial charge in [0.15, 0.2) is 0 Å². The number of amides is 1. The Hall–Kier alpha value is -2.35. The Kier molecular flexibility index (Phi) is 3.84. The van der Waals surface area contributed by atoms with E-state index in [2.05, 4.69) is 25.8 Å². The molecular formula is C14H16N6OS. The molecule has 0 unspecified atom stereocenters. The number of carbonyl (C=O) groups is 1. The maximum atomic E-state index is 12.1. The average Bonchev–Trinajstić information content (AvgIpc) is 3.08. The second kappa shape index (κ2) is 5.80. The van der Waals surface area contributed by atoms with Gasteiger partial charge in [0.25, 0.3) is 0 Å². The van der Waals surface area contributed by atoms with Crippen LogP contribution >= 0.6 is 11.3 Å². The van der Waals surface area contributed by atoms with Gasteiger partial charge in [-0.15, -0.1) is 15.3 Å². The minimum absolute atomic E-state index is 0.0973. The smallest absolute Gasteiger partial charge is 0.248 e. The third kappa shape index (κ3) is 2.82. The first-order valence-corrected chi connectivity index (χ1v) is 7.81. The van der Waals surface area contributed by atoms with Crippen LogP contribution in [-0.4, -0.2) is 31.1 Å². The van der Waals surface area contributed by atoms with Gasteiger partial charge in [0.1, 0.15) is 17.1 Å². The summed E-state index contributed by atoms with van der Waals surface area (Å²) in [5, 5.41) is 20.2. The Morgan fingerprint density at radius 3 is 2.73 bits per heavy atom. The lowest BCUT2D eigenvalue weighted by molar-refractivity contribution is -0.116. The highest BCUT2D eigenvalue weighted by atomic mass is 32.1. The Morgan fingerprint density at radius 2 is 2.00 bits per heavy atom. The molecule has 3 aromatic rings. The molecule has 0 saturated carbocycles. The number of hydrogen-bond acceptors (Lipinski definition) is 6. The molecule has 7 nitrogen and oxygen atoms in total. The number of benzene rings is 1. The van der Waals surface area contributed by atoms with Gasteiger partial charge in [-0.1, -0.05) is 23.5 Å². The predicted molar refractivity (Wildman–Crippen MR) is 84.9 cm³/mol. The van der Waals surface area contributed by atoms with Crippen molar-refractivity contribution >= 4 is 33.4 Å². The largest absolute Gasteiger partial charge is 0.299 e. The minimum atomic E-state index is -0.191. The van der Waals surface area contributed by atoms with E-state index < -0.39 is 0 Å². The third-order valence-corrected chi connectivity index (χ3v) is 4.42. The summed E-state index contributed by atoms with van der Waals surface area (Å²) in [5.74, 6) is -0.191.